The van der Waals surface area contributed by atoms with Crippen LogP contribution in [0.3, 0.4) is 0 Å². The molecule has 3 rings (SSSR count). The van der Waals surface area contributed by atoms with Crippen LogP contribution < -0.4 is 5.32 Å². The molecular formula is C17H9Cl3N4O3S. The van der Waals surface area contributed by atoms with Crippen molar-refractivity contribution in [2.75, 3.05) is 5.32 Å². The number of anilines is 1. The van der Waals surface area contributed by atoms with Gasteiger partial charge in [0.1, 0.15) is 5.02 Å². The van der Waals surface area contributed by atoms with Gasteiger partial charge in [0.15, 0.2) is 5.01 Å². The van der Waals surface area contributed by atoms with Crippen LogP contribution in [0.15, 0.2) is 42.5 Å². The lowest BCUT2D eigenvalue weighted by Gasteiger charge is -2.01. The molecule has 1 heterocycles. The van der Waals surface area contributed by atoms with Crippen LogP contribution in [0.4, 0.5) is 11.4 Å². The Labute approximate surface area is 177 Å². The number of halogens is 3. The fourth-order valence-electron chi connectivity index (χ4n) is 2.10. The van der Waals surface area contributed by atoms with Crippen molar-refractivity contribution >= 4 is 74.5 Å². The molecule has 0 saturated carbocycles. The van der Waals surface area contributed by atoms with Gasteiger partial charge in [-0.15, -0.1) is 10.2 Å². The first kappa shape index (κ1) is 20.2. The van der Waals surface area contributed by atoms with E-state index in [1.54, 1.807) is 30.3 Å². The average molecular weight is 456 g/mol. The van der Waals surface area contributed by atoms with Crippen molar-refractivity contribution in [3.8, 4) is 0 Å². The Balaban J connectivity index is 1.78. The number of carbonyl (C=O) groups is 1. The lowest BCUT2D eigenvalue weighted by atomic mass is 10.2. The topological polar surface area (TPSA) is 98.0 Å². The first-order valence-electron chi connectivity index (χ1n) is 7.55. The summed E-state index contributed by atoms with van der Waals surface area (Å²) in [5, 5.41) is 22.5. The summed E-state index contributed by atoms with van der Waals surface area (Å²) in [5.74, 6) is -0.447. The van der Waals surface area contributed by atoms with Crippen molar-refractivity contribution in [1.82, 2.24) is 10.2 Å². The first-order valence-corrected chi connectivity index (χ1v) is 9.50. The molecule has 0 bridgehead atoms. The molecule has 0 unspecified atom stereocenters. The SMILES string of the molecule is O=C(Nc1ccc(Cl)cc1)c1nnc(/C(Cl)=C/c2ccc(Cl)c([N+](=O)[O-])c2)s1. The Kier molecular flexibility index (Phi) is 6.25. The van der Waals surface area contributed by atoms with Gasteiger partial charge >= 0.3 is 0 Å². The molecule has 0 saturated heterocycles. The Morgan fingerprint density at radius 1 is 1.11 bits per heavy atom. The maximum absolute atomic E-state index is 12.3. The van der Waals surface area contributed by atoms with Crippen molar-refractivity contribution in [2.45, 2.75) is 0 Å². The van der Waals surface area contributed by atoms with Gasteiger partial charge in [-0.1, -0.05) is 52.2 Å². The van der Waals surface area contributed by atoms with Gasteiger partial charge in [-0.25, -0.2) is 0 Å². The van der Waals surface area contributed by atoms with Gasteiger partial charge in [-0.05, 0) is 42.0 Å². The number of rotatable bonds is 5. The standard InChI is InChI=1S/C17H9Cl3N4O3S/c18-10-2-4-11(5-3-10)21-15(25)17-23-22-16(28-17)13(20)7-9-1-6-12(19)14(8-9)24(26)27/h1-8H,(H,21,25)/b13-7-. The smallest absolute Gasteiger partial charge is 0.288 e. The second kappa shape index (κ2) is 8.66. The summed E-state index contributed by atoms with van der Waals surface area (Å²) >= 11 is 18.8. The molecule has 0 aliphatic heterocycles. The lowest BCUT2D eigenvalue weighted by molar-refractivity contribution is -0.384. The highest BCUT2D eigenvalue weighted by atomic mass is 35.5. The Morgan fingerprint density at radius 2 is 1.79 bits per heavy atom. The minimum absolute atomic E-state index is 0.0235. The summed E-state index contributed by atoms with van der Waals surface area (Å²) in [7, 11) is 0. The van der Waals surface area contributed by atoms with E-state index in [1.165, 1.54) is 18.2 Å². The van der Waals surface area contributed by atoms with Gasteiger partial charge in [-0.2, -0.15) is 0 Å². The van der Waals surface area contributed by atoms with Crippen molar-refractivity contribution in [2.24, 2.45) is 0 Å². The van der Waals surface area contributed by atoms with E-state index < -0.39 is 10.8 Å². The number of nitrogens with zero attached hydrogens (tertiary/aromatic N) is 3. The molecule has 1 amide bonds. The maximum atomic E-state index is 12.3. The molecule has 0 aliphatic rings. The summed E-state index contributed by atoms with van der Waals surface area (Å²) < 4.78 is 0. The van der Waals surface area contributed by atoms with E-state index in [0.717, 1.165) is 11.3 Å². The molecule has 1 N–H and O–H groups in total. The van der Waals surface area contributed by atoms with Crippen LogP contribution >= 0.6 is 46.1 Å². The number of carbonyl (C=O) groups excluding carboxylic acids is 1. The Hall–Kier alpha value is -2.52. The third kappa shape index (κ3) is 4.85. The van der Waals surface area contributed by atoms with Gasteiger partial charge in [-0.3, -0.25) is 14.9 Å². The van der Waals surface area contributed by atoms with E-state index in [-0.39, 0.29) is 20.7 Å². The predicted octanol–water partition coefficient (Wildman–Crippen LogP) is 5.74. The summed E-state index contributed by atoms with van der Waals surface area (Å²) in [6, 6.07) is 10.9. The molecule has 0 fully saturated rings. The molecule has 28 heavy (non-hydrogen) atoms. The van der Waals surface area contributed by atoms with E-state index in [4.69, 9.17) is 34.8 Å². The van der Waals surface area contributed by atoms with E-state index in [2.05, 4.69) is 15.5 Å². The summed E-state index contributed by atoms with van der Waals surface area (Å²) in [6.45, 7) is 0. The van der Waals surface area contributed by atoms with E-state index in [1.807, 2.05) is 0 Å². The molecule has 11 heteroatoms. The van der Waals surface area contributed by atoms with Crippen LogP contribution in [0.5, 0.6) is 0 Å². The summed E-state index contributed by atoms with van der Waals surface area (Å²) in [5.41, 5.74) is 0.782. The molecule has 3 aromatic rings. The molecule has 0 spiro atoms. The molecule has 0 atom stereocenters. The minimum Gasteiger partial charge on any atom is -0.320 e. The van der Waals surface area contributed by atoms with Crippen LogP contribution in [0.2, 0.25) is 10.0 Å². The zero-order chi connectivity index (χ0) is 20.3. The third-order valence-corrected chi connectivity index (χ3v) is 5.31. The first-order chi connectivity index (χ1) is 13.3. The second-order valence-corrected chi connectivity index (χ2v) is 7.56. The van der Waals surface area contributed by atoms with Crippen molar-refractivity contribution < 1.29 is 9.72 Å². The maximum Gasteiger partial charge on any atom is 0.288 e. The molecule has 7 nitrogen and oxygen atoms in total. The highest BCUT2D eigenvalue weighted by molar-refractivity contribution is 7.15. The molecule has 0 aliphatic carbocycles. The van der Waals surface area contributed by atoms with E-state index >= 15 is 0 Å². The number of nitro groups is 1. The monoisotopic (exact) mass is 454 g/mol. The zero-order valence-electron chi connectivity index (χ0n) is 13.7. The van der Waals surface area contributed by atoms with Crippen LogP contribution in [-0.2, 0) is 0 Å². The number of nitrogens with one attached hydrogen (secondary N) is 1. The molecule has 142 valence electrons. The Bertz CT molecular complexity index is 1080. The van der Waals surface area contributed by atoms with Gasteiger partial charge in [0.2, 0.25) is 5.01 Å². The number of aromatic nitrogens is 2. The van der Waals surface area contributed by atoms with Gasteiger partial charge in [0.05, 0.1) is 9.96 Å². The number of amides is 1. The molecule has 0 radical (unpaired) electrons. The number of hydrogen-bond donors (Lipinski definition) is 1. The Morgan fingerprint density at radius 3 is 2.46 bits per heavy atom. The highest BCUT2D eigenvalue weighted by Crippen LogP contribution is 2.29. The lowest BCUT2D eigenvalue weighted by Crippen LogP contribution is -2.11. The molecule has 2 aromatic carbocycles. The number of nitro benzene ring substituents is 1. The minimum atomic E-state index is -0.586. The average Bonchev–Trinajstić information content (AvgIpc) is 3.15. The third-order valence-electron chi connectivity index (χ3n) is 3.39. The fourth-order valence-corrected chi connectivity index (χ4v) is 3.34. The fraction of sp³-hybridized carbons (Fsp3) is 0. The second-order valence-electron chi connectivity index (χ2n) is 5.33. The number of benzene rings is 2. The highest BCUT2D eigenvalue weighted by Gasteiger charge is 2.16. The van der Waals surface area contributed by atoms with Crippen molar-refractivity contribution in [3.63, 3.8) is 0 Å². The largest absolute Gasteiger partial charge is 0.320 e. The van der Waals surface area contributed by atoms with E-state index in [9.17, 15) is 14.9 Å². The van der Waals surface area contributed by atoms with Crippen LogP contribution in [0, 0.1) is 10.1 Å². The van der Waals surface area contributed by atoms with Gasteiger partial charge < -0.3 is 5.32 Å². The zero-order valence-corrected chi connectivity index (χ0v) is 16.8. The molecular weight excluding hydrogens is 447 g/mol. The van der Waals surface area contributed by atoms with Crippen LogP contribution in [-0.4, -0.2) is 21.0 Å². The summed E-state index contributed by atoms with van der Waals surface area (Å²) in [4.78, 5) is 22.6. The molecule has 1 aromatic heterocycles. The van der Waals surface area contributed by atoms with Gasteiger partial charge in [0.25, 0.3) is 11.6 Å². The summed E-state index contributed by atoms with van der Waals surface area (Å²) in [6.07, 6.45) is 1.48. The normalized spacial score (nSPS) is 11.3. The van der Waals surface area contributed by atoms with Crippen molar-refractivity contribution in [3.05, 3.63) is 78.2 Å². The van der Waals surface area contributed by atoms with Crippen LogP contribution in [0.25, 0.3) is 11.1 Å². The predicted molar refractivity (Wildman–Crippen MR) is 111 cm³/mol. The van der Waals surface area contributed by atoms with Gasteiger partial charge in [0, 0.05) is 16.8 Å². The van der Waals surface area contributed by atoms with Crippen molar-refractivity contribution in [1.29, 1.82) is 0 Å². The quantitative estimate of drug-likeness (QED) is 0.390. The van der Waals surface area contributed by atoms with Crippen LogP contribution in [0.1, 0.15) is 20.4 Å². The van der Waals surface area contributed by atoms with E-state index in [0.29, 0.717) is 21.3 Å². The number of hydrogen-bond acceptors (Lipinski definition) is 6.